The van der Waals surface area contributed by atoms with Gasteiger partial charge in [0.05, 0.1) is 6.61 Å². The molecule has 0 amide bonds. The third-order valence-corrected chi connectivity index (χ3v) is 2.90. The molecule has 0 spiro atoms. The highest BCUT2D eigenvalue weighted by Crippen LogP contribution is 2.29. The maximum absolute atomic E-state index is 5.77. The molecule has 2 aromatic rings. The standard InChI is InChI=1S/C14H20N4O2/c1-3-19-13-8-11(6-7-15)4-5-12(13)20-9-14-16-10-17-18(14)2/h4-5,8,10H,3,6-7,9,15H2,1-2H3. The highest BCUT2D eigenvalue weighted by Gasteiger charge is 2.08. The first-order valence-corrected chi connectivity index (χ1v) is 6.66. The molecule has 6 heteroatoms. The molecule has 0 aliphatic rings. The van der Waals surface area contributed by atoms with Gasteiger partial charge in [-0.2, -0.15) is 5.10 Å². The Morgan fingerprint density at radius 3 is 2.75 bits per heavy atom. The summed E-state index contributed by atoms with van der Waals surface area (Å²) < 4.78 is 13.1. The Morgan fingerprint density at radius 1 is 1.25 bits per heavy atom. The summed E-state index contributed by atoms with van der Waals surface area (Å²) in [4.78, 5) is 4.12. The number of ether oxygens (including phenoxy) is 2. The maximum Gasteiger partial charge on any atom is 0.164 e. The van der Waals surface area contributed by atoms with E-state index >= 15 is 0 Å². The minimum atomic E-state index is 0.354. The van der Waals surface area contributed by atoms with Crippen LogP contribution >= 0.6 is 0 Å². The largest absolute Gasteiger partial charge is 0.490 e. The van der Waals surface area contributed by atoms with Gasteiger partial charge in [-0.1, -0.05) is 6.07 Å². The van der Waals surface area contributed by atoms with Crippen molar-refractivity contribution in [3.05, 3.63) is 35.9 Å². The summed E-state index contributed by atoms with van der Waals surface area (Å²) in [6, 6.07) is 5.89. The van der Waals surface area contributed by atoms with Crippen LogP contribution in [0, 0.1) is 0 Å². The van der Waals surface area contributed by atoms with Crippen molar-refractivity contribution in [1.82, 2.24) is 14.8 Å². The van der Waals surface area contributed by atoms with Crippen LogP contribution in [-0.4, -0.2) is 27.9 Å². The molecule has 0 atom stereocenters. The molecule has 2 rings (SSSR count). The summed E-state index contributed by atoms with van der Waals surface area (Å²) in [7, 11) is 1.83. The van der Waals surface area contributed by atoms with Crippen LogP contribution in [0.2, 0.25) is 0 Å². The molecule has 0 fully saturated rings. The van der Waals surface area contributed by atoms with Gasteiger partial charge in [-0.3, -0.25) is 4.68 Å². The van der Waals surface area contributed by atoms with E-state index in [2.05, 4.69) is 10.1 Å². The fraction of sp³-hybridized carbons (Fsp3) is 0.429. The Morgan fingerprint density at radius 2 is 2.10 bits per heavy atom. The van der Waals surface area contributed by atoms with E-state index in [0.29, 0.717) is 25.5 Å². The zero-order chi connectivity index (χ0) is 14.4. The minimum Gasteiger partial charge on any atom is -0.490 e. The monoisotopic (exact) mass is 276 g/mol. The lowest BCUT2D eigenvalue weighted by Crippen LogP contribution is -2.07. The van der Waals surface area contributed by atoms with Gasteiger partial charge in [0.2, 0.25) is 0 Å². The minimum absolute atomic E-state index is 0.354. The third kappa shape index (κ3) is 3.48. The van der Waals surface area contributed by atoms with Crippen LogP contribution in [0.3, 0.4) is 0 Å². The highest BCUT2D eigenvalue weighted by molar-refractivity contribution is 5.43. The van der Waals surface area contributed by atoms with Gasteiger partial charge >= 0.3 is 0 Å². The fourth-order valence-corrected chi connectivity index (χ4v) is 1.86. The highest BCUT2D eigenvalue weighted by atomic mass is 16.5. The number of benzene rings is 1. The van der Waals surface area contributed by atoms with E-state index < -0.39 is 0 Å². The Bertz CT molecular complexity index is 554. The van der Waals surface area contributed by atoms with Crippen LogP contribution in [0.25, 0.3) is 0 Å². The third-order valence-electron chi connectivity index (χ3n) is 2.90. The lowest BCUT2D eigenvalue weighted by molar-refractivity contribution is 0.259. The van der Waals surface area contributed by atoms with E-state index in [9.17, 15) is 0 Å². The van der Waals surface area contributed by atoms with E-state index in [4.69, 9.17) is 15.2 Å². The van der Waals surface area contributed by atoms with Crippen LogP contribution in [0.15, 0.2) is 24.5 Å². The van der Waals surface area contributed by atoms with E-state index in [1.165, 1.54) is 6.33 Å². The number of nitrogens with two attached hydrogens (primary N) is 1. The van der Waals surface area contributed by atoms with Gasteiger partial charge < -0.3 is 15.2 Å². The van der Waals surface area contributed by atoms with E-state index in [1.54, 1.807) is 4.68 Å². The molecule has 108 valence electrons. The first kappa shape index (κ1) is 14.3. The summed E-state index contributed by atoms with van der Waals surface area (Å²) in [5.41, 5.74) is 6.71. The molecule has 6 nitrogen and oxygen atoms in total. The van der Waals surface area contributed by atoms with Crippen molar-refractivity contribution in [2.45, 2.75) is 20.0 Å². The lowest BCUT2D eigenvalue weighted by Gasteiger charge is -2.13. The Labute approximate surface area is 118 Å². The van der Waals surface area contributed by atoms with Crippen molar-refractivity contribution in [2.24, 2.45) is 12.8 Å². The molecule has 1 heterocycles. The topological polar surface area (TPSA) is 75.2 Å². The molecule has 2 N–H and O–H groups in total. The van der Waals surface area contributed by atoms with Gasteiger partial charge in [0.15, 0.2) is 17.3 Å². The molecular weight excluding hydrogens is 256 g/mol. The summed E-state index contributed by atoms with van der Waals surface area (Å²) >= 11 is 0. The van der Waals surface area contributed by atoms with Crippen molar-refractivity contribution in [2.75, 3.05) is 13.2 Å². The van der Waals surface area contributed by atoms with Crippen LogP contribution in [0.1, 0.15) is 18.3 Å². The van der Waals surface area contributed by atoms with Crippen LogP contribution in [0.4, 0.5) is 0 Å². The van der Waals surface area contributed by atoms with Gasteiger partial charge in [0, 0.05) is 7.05 Å². The van der Waals surface area contributed by atoms with Crippen molar-refractivity contribution in [3.8, 4) is 11.5 Å². The van der Waals surface area contributed by atoms with Gasteiger partial charge in [-0.25, -0.2) is 4.98 Å². The SMILES string of the molecule is CCOc1cc(CCN)ccc1OCc1ncnn1C. The zero-order valence-electron chi connectivity index (χ0n) is 11.9. The van der Waals surface area contributed by atoms with Gasteiger partial charge in [0.1, 0.15) is 12.9 Å². The average Bonchev–Trinajstić information content (AvgIpc) is 2.84. The molecule has 20 heavy (non-hydrogen) atoms. The maximum atomic E-state index is 5.77. The van der Waals surface area contributed by atoms with Crippen molar-refractivity contribution >= 4 is 0 Å². The van der Waals surface area contributed by atoms with Crippen LogP contribution in [0.5, 0.6) is 11.5 Å². The number of aryl methyl sites for hydroxylation is 1. The van der Waals surface area contributed by atoms with E-state index in [-0.39, 0.29) is 0 Å². The zero-order valence-corrected chi connectivity index (χ0v) is 11.9. The molecule has 0 aliphatic heterocycles. The summed E-state index contributed by atoms with van der Waals surface area (Å²) in [5, 5.41) is 4.01. The second-order valence-electron chi connectivity index (χ2n) is 4.34. The smallest absolute Gasteiger partial charge is 0.164 e. The molecule has 0 saturated heterocycles. The summed E-state index contributed by atoms with van der Waals surface area (Å²) in [6.07, 6.45) is 2.33. The fourth-order valence-electron chi connectivity index (χ4n) is 1.86. The first-order chi connectivity index (χ1) is 9.74. The second kappa shape index (κ2) is 6.91. The quantitative estimate of drug-likeness (QED) is 0.825. The molecule has 0 bridgehead atoms. The van der Waals surface area contributed by atoms with Crippen molar-refractivity contribution in [3.63, 3.8) is 0 Å². The second-order valence-corrected chi connectivity index (χ2v) is 4.34. The molecule has 1 aromatic carbocycles. The molecule has 0 radical (unpaired) electrons. The van der Waals surface area contributed by atoms with Crippen molar-refractivity contribution in [1.29, 1.82) is 0 Å². The first-order valence-electron chi connectivity index (χ1n) is 6.66. The summed E-state index contributed by atoms with van der Waals surface area (Å²) in [5.74, 6) is 2.20. The Hall–Kier alpha value is -2.08. The van der Waals surface area contributed by atoms with Crippen molar-refractivity contribution < 1.29 is 9.47 Å². The number of hydrogen-bond donors (Lipinski definition) is 1. The summed E-state index contributed by atoms with van der Waals surface area (Å²) in [6.45, 7) is 3.51. The molecule has 0 aliphatic carbocycles. The number of nitrogens with zero attached hydrogens (tertiary/aromatic N) is 3. The number of aromatic nitrogens is 3. The Kier molecular flexibility index (Phi) is 4.95. The normalized spacial score (nSPS) is 10.6. The predicted octanol–water partition coefficient (Wildman–Crippen LogP) is 1.29. The number of hydrogen-bond acceptors (Lipinski definition) is 5. The van der Waals surface area contributed by atoms with Gasteiger partial charge in [-0.05, 0) is 37.6 Å². The Balaban J connectivity index is 2.11. The van der Waals surface area contributed by atoms with Crippen LogP contribution < -0.4 is 15.2 Å². The molecule has 1 aromatic heterocycles. The lowest BCUT2D eigenvalue weighted by atomic mass is 10.1. The average molecular weight is 276 g/mol. The van der Waals surface area contributed by atoms with Gasteiger partial charge in [0.25, 0.3) is 0 Å². The molecular formula is C14H20N4O2. The molecule has 0 saturated carbocycles. The van der Waals surface area contributed by atoms with Gasteiger partial charge in [-0.15, -0.1) is 0 Å². The molecule has 0 unspecified atom stereocenters. The predicted molar refractivity (Wildman–Crippen MR) is 75.7 cm³/mol. The van der Waals surface area contributed by atoms with Crippen LogP contribution in [-0.2, 0) is 20.1 Å². The van der Waals surface area contributed by atoms with E-state index in [1.807, 2.05) is 32.2 Å². The van der Waals surface area contributed by atoms with E-state index in [0.717, 1.165) is 23.6 Å². The number of rotatable bonds is 7.